The van der Waals surface area contributed by atoms with Gasteiger partial charge in [-0.15, -0.1) is 12.4 Å². The van der Waals surface area contributed by atoms with Gasteiger partial charge in [0.1, 0.15) is 5.69 Å². The number of nitrogens with zero attached hydrogens (tertiary/aromatic N) is 2. The number of hydrogen-bond donors (Lipinski definition) is 2. The number of aryl methyl sites for hydroxylation is 1. The Morgan fingerprint density at radius 3 is 2.52 bits per heavy atom. The summed E-state index contributed by atoms with van der Waals surface area (Å²) in [6.45, 7) is 0.613. The maximum atomic E-state index is 12.7. The molecule has 128 valence electrons. The van der Waals surface area contributed by atoms with Gasteiger partial charge in [0.2, 0.25) is 0 Å². The second kappa shape index (κ2) is 7.56. The van der Waals surface area contributed by atoms with E-state index < -0.39 is 11.9 Å². The first kappa shape index (κ1) is 19.1. The molecule has 0 saturated carbocycles. The van der Waals surface area contributed by atoms with Gasteiger partial charge in [-0.3, -0.25) is 4.68 Å². The molecule has 0 radical (unpaired) electrons. The third-order valence-electron chi connectivity index (χ3n) is 3.10. The van der Waals surface area contributed by atoms with Gasteiger partial charge >= 0.3 is 6.18 Å². The van der Waals surface area contributed by atoms with Gasteiger partial charge in [0.15, 0.2) is 11.5 Å². The summed E-state index contributed by atoms with van der Waals surface area (Å²) in [6, 6.07) is 5.87. The van der Waals surface area contributed by atoms with Crippen molar-refractivity contribution in [1.29, 1.82) is 0 Å². The number of hydrogen-bond acceptors (Lipinski definition) is 4. The summed E-state index contributed by atoms with van der Waals surface area (Å²) < 4.78 is 43.8. The fourth-order valence-electron chi connectivity index (χ4n) is 2.05. The molecular weight excluding hydrogens is 335 g/mol. The van der Waals surface area contributed by atoms with E-state index in [-0.39, 0.29) is 24.7 Å². The minimum Gasteiger partial charge on any atom is -0.504 e. The third-order valence-corrected chi connectivity index (χ3v) is 3.10. The van der Waals surface area contributed by atoms with Crippen molar-refractivity contribution >= 4 is 12.4 Å². The molecule has 1 heterocycles. The maximum absolute atomic E-state index is 12.7. The number of benzene rings is 1. The lowest BCUT2D eigenvalue weighted by Gasteiger charge is -2.07. The van der Waals surface area contributed by atoms with Crippen LogP contribution < -0.4 is 10.1 Å². The van der Waals surface area contributed by atoms with E-state index in [2.05, 4.69) is 10.4 Å². The van der Waals surface area contributed by atoms with Crippen molar-refractivity contribution in [2.24, 2.45) is 7.05 Å². The molecular formula is C14H17ClF3N3O2. The Morgan fingerprint density at radius 2 is 1.96 bits per heavy atom. The van der Waals surface area contributed by atoms with Crippen LogP contribution in [0.3, 0.4) is 0 Å². The fraction of sp³-hybridized carbons (Fsp3) is 0.357. The highest BCUT2D eigenvalue weighted by Crippen LogP contribution is 2.29. The zero-order valence-electron chi connectivity index (χ0n) is 12.5. The summed E-state index contributed by atoms with van der Waals surface area (Å²) in [5.74, 6) is 0.377. The van der Waals surface area contributed by atoms with Crippen molar-refractivity contribution in [3.63, 3.8) is 0 Å². The summed E-state index contributed by atoms with van der Waals surface area (Å²) in [7, 11) is 2.70. The van der Waals surface area contributed by atoms with Gasteiger partial charge < -0.3 is 15.2 Å². The quantitative estimate of drug-likeness (QED) is 0.869. The Kier molecular flexibility index (Phi) is 6.28. The predicted octanol–water partition coefficient (Wildman–Crippen LogP) is 2.86. The molecule has 1 aromatic heterocycles. The number of phenols is 1. The number of ether oxygens (including phenoxy) is 1. The molecule has 0 bridgehead atoms. The third kappa shape index (κ3) is 4.77. The predicted molar refractivity (Wildman–Crippen MR) is 80.7 cm³/mol. The van der Waals surface area contributed by atoms with Gasteiger partial charge in [0, 0.05) is 20.1 Å². The smallest absolute Gasteiger partial charge is 0.433 e. The largest absolute Gasteiger partial charge is 0.504 e. The van der Waals surface area contributed by atoms with Crippen molar-refractivity contribution in [1.82, 2.24) is 15.1 Å². The second-order valence-electron chi connectivity index (χ2n) is 4.75. The molecule has 0 saturated heterocycles. The number of methoxy groups -OCH3 is 1. The van der Waals surface area contributed by atoms with E-state index in [1.165, 1.54) is 20.2 Å². The molecule has 5 nitrogen and oxygen atoms in total. The minimum atomic E-state index is -4.41. The molecule has 2 aromatic rings. The monoisotopic (exact) mass is 351 g/mol. The highest BCUT2D eigenvalue weighted by Gasteiger charge is 2.34. The Hall–Kier alpha value is -1.93. The summed E-state index contributed by atoms with van der Waals surface area (Å²) >= 11 is 0. The van der Waals surface area contributed by atoms with Gasteiger partial charge in [0.05, 0.1) is 12.8 Å². The highest BCUT2D eigenvalue weighted by molar-refractivity contribution is 5.85. The van der Waals surface area contributed by atoms with Crippen LogP contribution in [0.15, 0.2) is 24.3 Å². The van der Waals surface area contributed by atoms with Crippen LogP contribution in [0, 0.1) is 0 Å². The van der Waals surface area contributed by atoms with Crippen molar-refractivity contribution in [3.8, 4) is 11.5 Å². The van der Waals surface area contributed by atoms with Gasteiger partial charge in [-0.25, -0.2) is 0 Å². The molecule has 9 heteroatoms. The van der Waals surface area contributed by atoms with Gasteiger partial charge in [-0.2, -0.15) is 18.3 Å². The van der Waals surface area contributed by atoms with Gasteiger partial charge in [-0.05, 0) is 23.8 Å². The standard InChI is InChI=1S/C14H16F3N3O2.ClH/c1-20-13(14(15,16)17)6-10(19-20)8-18-7-9-3-4-11(21)12(5-9)22-2;/h3-6,18,21H,7-8H2,1-2H3;1H. The average molecular weight is 352 g/mol. The molecule has 0 amide bonds. The topological polar surface area (TPSA) is 59.3 Å². The lowest BCUT2D eigenvalue weighted by molar-refractivity contribution is -0.143. The molecule has 1 aromatic carbocycles. The van der Waals surface area contributed by atoms with Crippen LogP contribution in [0.25, 0.3) is 0 Å². The first-order valence-corrected chi connectivity index (χ1v) is 6.48. The summed E-state index contributed by atoms with van der Waals surface area (Å²) in [4.78, 5) is 0. The maximum Gasteiger partial charge on any atom is 0.433 e. The molecule has 0 atom stereocenters. The van der Waals surface area contributed by atoms with Crippen LogP contribution in [0.1, 0.15) is 17.0 Å². The van der Waals surface area contributed by atoms with Crippen molar-refractivity contribution in [2.45, 2.75) is 19.3 Å². The SMILES string of the molecule is COc1cc(CNCc2cc(C(F)(F)F)n(C)n2)ccc1O.Cl. The van der Waals surface area contributed by atoms with E-state index in [0.717, 1.165) is 16.3 Å². The zero-order valence-corrected chi connectivity index (χ0v) is 13.3. The van der Waals surface area contributed by atoms with Crippen LogP contribution in [-0.2, 0) is 26.3 Å². The highest BCUT2D eigenvalue weighted by atomic mass is 35.5. The molecule has 2 N–H and O–H groups in total. The van der Waals surface area contributed by atoms with Crippen molar-refractivity contribution < 1.29 is 23.0 Å². The van der Waals surface area contributed by atoms with Crippen LogP contribution >= 0.6 is 12.4 Å². The van der Waals surface area contributed by atoms with Crippen LogP contribution in [0.5, 0.6) is 11.5 Å². The fourth-order valence-corrected chi connectivity index (χ4v) is 2.05. The molecule has 23 heavy (non-hydrogen) atoms. The molecule has 0 aliphatic carbocycles. The van der Waals surface area contributed by atoms with Crippen LogP contribution in [0.2, 0.25) is 0 Å². The molecule has 0 spiro atoms. The Morgan fingerprint density at radius 1 is 1.26 bits per heavy atom. The van der Waals surface area contributed by atoms with Crippen LogP contribution in [0.4, 0.5) is 13.2 Å². The van der Waals surface area contributed by atoms with E-state index in [1.807, 2.05) is 0 Å². The van der Waals surface area contributed by atoms with Crippen molar-refractivity contribution in [2.75, 3.05) is 7.11 Å². The number of aromatic nitrogens is 2. The number of aromatic hydroxyl groups is 1. The van der Waals surface area contributed by atoms with Crippen LogP contribution in [-0.4, -0.2) is 22.0 Å². The van der Waals surface area contributed by atoms with E-state index in [4.69, 9.17) is 4.74 Å². The Labute approximate surface area is 137 Å². The summed E-state index contributed by atoms with van der Waals surface area (Å²) in [5, 5.41) is 16.3. The Balaban J connectivity index is 0.00000264. The first-order chi connectivity index (χ1) is 10.3. The zero-order chi connectivity index (χ0) is 16.3. The number of alkyl halides is 3. The lowest BCUT2D eigenvalue weighted by Crippen LogP contribution is -2.13. The van der Waals surface area contributed by atoms with E-state index in [0.29, 0.717) is 18.0 Å². The lowest BCUT2D eigenvalue weighted by atomic mass is 10.2. The summed E-state index contributed by atoms with van der Waals surface area (Å²) in [5.41, 5.74) is 0.359. The normalized spacial score (nSPS) is 11.2. The second-order valence-corrected chi connectivity index (χ2v) is 4.75. The number of phenolic OH excluding ortho intramolecular Hbond substituents is 1. The van der Waals surface area contributed by atoms with Crippen molar-refractivity contribution in [3.05, 3.63) is 41.2 Å². The molecule has 0 fully saturated rings. The average Bonchev–Trinajstić information content (AvgIpc) is 2.82. The molecule has 0 unspecified atom stereocenters. The molecule has 0 aliphatic heterocycles. The summed E-state index contributed by atoms with van der Waals surface area (Å²) in [6.07, 6.45) is -4.41. The van der Waals surface area contributed by atoms with E-state index >= 15 is 0 Å². The molecule has 2 rings (SSSR count). The van der Waals surface area contributed by atoms with Gasteiger partial charge in [0.25, 0.3) is 0 Å². The number of nitrogens with one attached hydrogen (secondary N) is 1. The van der Waals surface area contributed by atoms with E-state index in [9.17, 15) is 18.3 Å². The molecule has 0 aliphatic rings. The van der Waals surface area contributed by atoms with Gasteiger partial charge in [-0.1, -0.05) is 6.07 Å². The minimum absolute atomic E-state index is 0. The Bertz CT molecular complexity index is 659. The first-order valence-electron chi connectivity index (χ1n) is 6.48. The number of halogens is 4. The van der Waals surface area contributed by atoms with E-state index in [1.54, 1.807) is 12.1 Å². The number of rotatable bonds is 5.